The first-order chi connectivity index (χ1) is 8.58. The second kappa shape index (κ2) is 5.38. The van der Waals surface area contributed by atoms with E-state index in [0.717, 1.165) is 30.5 Å². The molecule has 0 amide bonds. The van der Waals surface area contributed by atoms with Crippen molar-refractivity contribution in [1.29, 1.82) is 0 Å². The zero-order chi connectivity index (χ0) is 13.1. The summed E-state index contributed by atoms with van der Waals surface area (Å²) in [5.41, 5.74) is 4.46. The molecule has 1 fully saturated rings. The molecule has 0 heterocycles. The van der Waals surface area contributed by atoms with Crippen molar-refractivity contribution >= 4 is 11.5 Å². The van der Waals surface area contributed by atoms with Gasteiger partial charge in [0.05, 0.1) is 0 Å². The maximum absolute atomic E-state index is 12.0. The number of Topliss-reactive ketones (excluding diaryl/α,β-unsaturated/α-hetero) is 1. The molecule has 0 bridgehead atoms. The minimum absolute atomic E-state index is 0.186. The van der Waals surface area contributed by atoms with Gasteiger partial charge < -0.3 is 5.32 Å². The standard InChI is InChI=1S/C16H21NO/c1-11-7-8-12(2)15(9-11)17-10-14-6-4-5-13(3)16(14)18/h7-10,13,17H,4-6H2,1-3H3/b14-10-/t13-/m1/s1. The molecule has 0 unspecified atom stereocenters. The van der Waals surface area contributed by atoms with Crippen LogP contribution in [-0.4, -0.2) is 5.78 Å². The lowest BCUT2D eigenvalue weighted by Gasteiger charge is -2.19. The Hall–Kier alpha value is -1.57. The summed E-state index contributed by atoms with van der Waals surface area (Å²) in [5, 5.41) is 3.29. The van der Waals surface area contributed by atoms with Crippen molar-refractivity contribution in [3.8, 4) is 0 Å². The summed E-state index contributed by atoms with van der Waals surface area (Å²) in [6.45, 7) is 6.17. The Kier molecular flexibility index (Phi) is 3.85. The smallest absolute Gasteiger partial charge is 0.163 e. The second-order valence-corrected chi connectivity index (χ2v) is 5.29. The van der Waals surface area contributed by atoms with Gasteiger partial charge in [0.25, 0.3) is 0 Å². The van der Waals surface area contributed by atoms with Gasteiger partial charge in [0.1, 0.15) is 0 Å². The Balaban J connectivity index is 2.14. The lowest BCUT2D eigenvalue weighted by atomic mass is 9.86. The van der Waals surface area contributed by atoms with Crippen LogP contribution in [0.15, 0.2) is 30.0 Å². The third-order valence-corrected chi connectivity index (χ3v) is 3.64. The van der Waals surface area contributed by atoms with E-state index in [9.17, 15) is 4.79 Å². The average Bonchev–Trinajstić information content (AvgIpc) is 2.35. The van der Waals surface area contributed by atoms with Crippen LogP contribution in [-0.2, 0) is 4.79 Å². The van der Waals surface area contributed by atoms with Gasteiger partial charge in [0.15, 0.2) is 5.78 Å². The fourth-order valence-electron chi connectivity index (χ4n) is 2.37. The molecule has 1 aromatic carbocycles. The van der Waals surface area contributed by atoms with Gasteiger partial charge in [-0.3, -0.25) is 4.79 Å². The molecule has 2 rings (SSSR count). The van der Waals surface area contributed by atoms with Crippen molar-refractivity contribution in [3.63, 3.8) is 0 Å². The maximum atomic E-state index is 12.0. The number of carbonyl (C=O) groups is 1. The molecule has 1 atom stereocenters. The number of nitrogens with one attached hydrogen (secondary N) is 1. The van der Waals surface area contributed by atoms with E-state index in [0.29, 0.717) is 5.78 Å². The van der Waals surface area contributed by atoms with E-state index in [4.69, 9.17) is 0 Å². The van der Waals surface area contributed by atoms with E-state index >= 15 is 0 Å². The van der Waals surface area contributed by atoms with Crippen LogP contribution in [0, 0.1) is 19.8 Å². The zero-order valence-electron chi connectivity index (χ0n) is 11.4. The maximum Gasteiger partial charge on any atom is 0.163 e. The van der Waals surface area contributed by atoms with Gasteiger partial charge in [0.2, 0.25) is 0 Å². The first kappa shape index (κ1) is 12.9. The number of rotatable bonds is 2. The molecule has 2 heteroatoms. The van der Waals surface area contributed by atoms with Gasteiger partial charge in [-0.05, 0) is 50.3 Å². The SMILES string of the molecule is Cc1ccc(C)c(N/C=C2/CCC[C@@H](C)C2=O)c1. The van der Waals surface area contributed by atoms with Gasteiger partial charge in [-0.25, -0.2) is 0 Å². The summed E-state index contributed by atoms with van der Waals surface area (Å²) in [4.78, 5) is 12.0. The van der Waals surface area contributed by atoms with Crippen LogP contribution in [0.25, 0.3) is 0 Å². The molecule has 0 saturated heterocycles. The molecule has 0 aliphatic heterocycles. The van der Waals surface area contributed by atoms with Crippen LogP contribution in [0.5, 0.6) is 0 Å². The number of ketones is 1. The molecule has 18 heavy (non-hydrogen) atoms. The number of benzene rings is 1. The minimum Gasteiger partial charge on any atom is -0.361 e. The number of hydrogen-bond donors (Lipinski definition) is 1. The van der Waals surface area contributed by atoms with Gasteiger partial charge in [-0.2, -0.15) is 0 Å². The van der Waals surface area contributed by atoms with Gasteiger partial charge >= 0.3 is 0 Å². The number of aryl methyl sites for hydroxylation is 2. The first-order valence-electron chi connectivity index (χ1n) is 6.65. The summed E-state index contributed by atoms with van der Waals surface area (Å²) in [7, 11) is 0. The minimum atomic E-state index is 0.186. The monoisotopic (exact) mass is 243 g/mol. The van der Waals surface area contributed by atoms with Crippen LogP contribution in [0.1, 0.15) is 37.3 Å². The van der Waals surface area contributed by atoms with E-state index in [1.54, 1.807) is 0 Å². The zero-order valence-corrected chi connectivity index (χ0v) is 11.4. The molecule has 0 spiro atoms. The Morgan fingerprint density at radius 3 is 2.89 bits per heavy atom. The molecule has 1 aliphatic carbocycles. The predicted molar refractivity (Wildman–Crippen MR) is 75.6 cm³/mol. The van der Waals surface area contributed by atoms with E-state index in [1.807, 2.05) is 13.1 Å². The number of anilines is 1. The molecular weight excluding hydrogens is 222 g/mol. The molecule has 1 saturated carbocycles. The summed E-state index contributed by atoms with van der Waals surface area (Å²) in [6.07, 6.45) is 4.95. The highest BCUT2D eigenvalue weighted by molar-refractivity contribution is 5.97. The van der Waals surface area contributed by atoms with Gasteiger partial charge in [-0.15, -0.1) is 0 Å². The first-order valence-corrected chi connectivity index (χ1v) is 6.65. The highest BCUT2D eigenvalue weighted by Crippen LogP contribution is 2.25. The van der Waals surface area contributed by atoms with Crippen LogP contribution in [0.4, 0.5) is 5.69 Å². The van der Waals surface area contributed by atoms with Crippen molar-refractivity contribution in [2.45, 2.75) is 40.0 Å². The number of carbonyl (C=O) groups excluding carboxylic acids is 1. The fourth-order valence-corrected chi connectivity index (χ4v) is 2.37. The summed E-state index contributed by atoms with van der Waals surface area (Å²) in [5.74, 6) is 0.490. The Morgan fingerprint density at radius 1 is 1.33 bits per heavy atom. The van der Waals surface area contributed by atoms with Crippen LogP contribution in [0.2, 0.25) is 0 Å². The van der Waals surface area contributed by atoms with Crippen molar-refractivity contribution in [1.82, 2.24) is 0 Å². The van der Waals surface area contributed by atoms with Crippen molar-refractivity contribution in [3.05, 3.63) is 41.1 Å². The molecule has 0 radical (unpaired) electrons. The third kappa shape index (κ3) is 2.81. The highest BCUT2D eigenvalue weighted by atomic mass is 16.1. The van der Waals surface area contributed by atoms with Crippen LogP contribution >= 0.6 is 0 Å². The van der Waals surface area contributed by atoms with Crippen molar-refractivity contribution in [2.75, 3.05) is 5.32 Å². The third-order valence-electron chi connectivity index (χ3n) is 3.64. The predicted octanol–water partition coefficient (Wildman–Crippen LogP) is 3.99. The van der Waals surface area contributed by atoms with E-state index < -0.39 is 0 Å². The van der Waals surface area contributed by atoms with Crippen molar-refractivity contribution < 1.29 is 4.79 Å². The molecule has 1 aromatic rings. The van der Waals surface area contributed by atoms with Gasteiger partial charge in [0, 0.05) is 23.4 Å². The Labute approximate surface area is 109 Å². The molecule has 2 nitrogen and oxygen atoms in total. The molecule has 96 valence electrons. The average molecular weight is 243 g/mol. The molecule has 0 aromatic heterocycles. The molecule has 1 aliphatic rings. The lowest BCUT2D eigenvalue weighted by molar-refractivity contribution is -0.119. The largest absolute Gasteiger partial charge is 0.361 e. The molecule has 1 N–H and O–H groups in total. The normalized spacial score (nSPS) is 22.3. The lowest BCUT2D eigenvalue weighted by Crippen LogP contribution is -2.19. The van der Waals surface area contributed by atoms with Crippen LogP contribution < -0.4 is 5.32 Å². The number of hydrogen-bond acceptors (Lipinski definition) is 2. The second-order valence-electron chi connectivity index (χ2n) is 5.29. The summed E-state index contributed by atoms with van der Waals surface area (Å²) >= 11 is 0. The van der Waals surface area contributed by atoms with E-state index in [1.165, 1.54) is 11.1 Å². The Morgan fingerprint density at radius 2 is 2.11 bits per heavy atom. The van der Waals surface area contributed by atoms with E-state index in [-0.39, 0.29) is 5.92 Å². The van der Waals surface area contributed by atoms with Crippen LogP contribution in [0.3, 0.4) is 0 Å². The fraction of sp³-hybridized carbons (Fsp3) is 0.438. The van der Waals surface area contributed by atoms with Crippen molar-refractivity contribution in [2.24, 2.45) is 5.92 Å². The van der Waals surface area contributed by atoms with Gasteiger partial charge in [-0.1, -0.05) is 19.1 Å². The topological polar surface area (TPSA) is 29.1 Å². The summed E-state index contributed by atoms with van der Waals surface area (Å²) in [6, 6.07) is 6.31. The number of allylic oxidation sites excluding steroid dienone is 1. The molecular formula is C16H21NO. The summed E-state index contributed by atoms with van der Waals surface area (Å²) < 4.78 is 0. The quantitative estimate of drug-likeness (QED) is 0.796. The van der Waals surface area contributed by atoms with E-state index in [2.05, 4.69) is 37.4 Å². The highest BCUT2D eigenvalue weighted by Gasteiger charge is 2.22. The Bertz CT molecular complexity index is 488.